The topological polar surface area (TPSA) is 100 Å². The van der Waals surface area contributed by atoms with Crippen LogP contribution in [0.4, 0.5) is 0 Å². The zero-order chi connectivity index (χ0) is 37.4. The summed E-state index contributed by atoms with van der Waals surface area (Å²) in [7, 11) is -1.90. The maximum absolute atomic E-state index is 12.7. The lowest BCUT2D eigenvalue weighted by Gasteiger charge is -2.37. The number of sulfonamides is 1. The highest BCUT2D eigenvalue weighted by Gasteiger charge is 2.32. The molecule has 2 aromatic carbocycles. The summed E-state index contributed by atoms with van der Waals surface area (Å²) in [6.45, 7) is 15.2. The predicted octanol–water partition coefficient (Wildman–Crippen LogP) is 9.47. The van der Waals surface area contributed by atoms with Crippen molar-refractivity contribution in [3.8, 4) is 17.2 Å². The van der Waals surface area contributed by atoms with Gasteiger partial charge >= 0.3 is 5.97 Å². The summed E-state index contributed by atoms with van der Waals surface area (Å²) in [5.41, 5.74) is 2.70. The summed E-state index contributed by atoms with van der Waals surface area (Å²) >= 11 is 0. The van der Waals surface area contributed by atoms with Crippen molar-refractivity contribution in [2.75, 3.05) is 26.0 Å². The lowest BCUT2D eigenvalue weighted by molar-refractivity contribution is -0.144. The minimum atomic E-state index is -3.49. The molecule has 3 rings (SSSR count). The van der Waals surface area contributed by atoms with Crippen molar-refractivity contribution in [3.05, 3.63) is 59.2 Å². The standard InChI is InChI=1S/C42H65NO7S/c1-9-51(45,46)43-29-39(49-40(44)23-20-35-18-21-37(47-8)22-19-35)30-48-38-27-34(6)41-36(28-38)24-26-42(7,50-41)25-12-17-33(5)16-11-15-32(4)14-10-13-31(2)3/h18-23,27-28,31-33,39,43H,9-17,24-26,29-30H2,1-8H3. The average Bonchev–Trinajstić information content (AvgIpc) is 3.09. The van der Waals surface area contributed by atoms with Crippen LogP contribution in [0.5, 0.6) is 17.2 Å². The molecule has 286 valence electrons. The highest BCUT2D eigenvalue weighted by atomic mass is 32.2. The van der Waals surface area contributed by atoms with Gasteiger partial charge in [-0.15, -0.1) is 0 Å². The first-order valence-corrected chi connectivity index (χ1v) is 20.8. The fourth-order valence-corrected chi connectivity index (χ4v) is 7.27. The summed E-state index contributed by atoms with van der Waals surface area (Å²) in [6, 6.07) is 11.2. The number of ether oxygens (including phenoxy) is 4. The Kier molecular flexibility index (Phi) is 17.3. The van der Waals surface area contributed by atoms with Crippen molar-refractivity contribution in [1.82, 2.24) is 4.72 Å². The zero-order valence-electron chi connectivity index (χ0n) is 32.6. The molecule has 0 bridgehead atoms. The van der Waals surface area contributed by atoms with E-state index in [4.69, 9.17) is 18.9 Å². The van der Waals surface area contributed by atoms with Gasteiger partial charge in [0.15, 0.2) is 0 Å². The SMILES string of the molecule is CCS(=O)(=O)NCC(COc1cc(C)c2c(c1)CCC(C)(CCCC(C)CCCC(C)CCCC(C)C)O2)OC(=O)C=Cc1ccc(OC)cc1. The van der Waals surface area contributed by atoms with Gasteiger partial charge in [-0.2, -0.15) is 0 Å². The summed E-state index contributed by atoms with van der Waals surface area (Å²) in [5, 5.41) is 0. The molecule has 0 radical (unpaired) electrons. The van der Waals surface area contributed by atoms with Crippen LogP contribution < -0.4 is 18.9 Å². The monoisotopic (exact) mass is 727 g/mol. The van der Waals surface area contributed by atoms with Crippen molar-refractivity contribution in [1.29, 1.82) is 0 Å². The van der Waals surface area contributed by atoms with Crippen molar-refractivity contribution in [3.63, 3.8) is 0 Å². The molecule has 4 atom stereocenters. The highest BCUT2D eigenvalue weighted by molar-refractivity contribution is 7.89. The van der Waals surface area contributed by atoms with E-state index >= 15 is 0 Å². The van der Waals surface area contributed by atoms with Gasteiger partial charge in [0.05, 0.1) is 19.4 Å². The number of carbonyl (C=O) groups excluding carboxylic acids is 1. The molecule has 0 amide bonds. The quantitative estimate of drug-likeness (QED) is 0.0899. The second-order valence-corrected chi connectivity index (χ2v) is 17.5. The molecule has 9 heteroatoms. The fraction of sp³-hybridized carbons (Fsp3) is 0.643. The number of esters is 1. The zero-order valence-corrected chi connectivity index (χ0v) is 33.4. The van der Waals surface area contributed by atoms with Crippen LogP contribution in [0, 0.1) is 24.7 Å². The second kappa shape index (κ2) is 20.9. The van der Waals surface area contributed by atoms with Gasteiger partial charge < -0.3 is 18.9 Å². The van der Waals surface area contributed by atoms with Gasteiger partial charge in [-0.3, -0.25) is 0 Å². The van der Waals surface area contributed by atoms with Gasteiger partial charge in [0.2, 0.25) is 10.0 Å². The number of hydrogen-bond donors (Lipinski definition) is 1. The Hall–Kier alpha value is -3.04. The molecule has 0 fully saturated rings. The molecular weight excluding hydrogens is 663 g/mol. The number of methoxy groups -OCH3 is 1. The molecule has 1 N–H and O–H groups in total. The third-order valence-electron chi connectivity index (χ3n) is 10.0. The van der Waals surface area contributed by atoms with E-state index in [2.05, 4.69) is 39.3 Å². The van der Waals surface area contributed by atoms with E-state index in [9.17, 15) is 13.2 Å². The minimum absolute atomic E-state index is 0.0135. The Bertz CT molecular complexity index is 1490. The average molecular weight is 728 g/mol. The van der Waals surface area contributed by atoms with Gasteiger partial charge in [-0.05, 0) is 111 Å². The van der Waals surface area contributed by atoms with E-state index in [1.807, 2.05) is 31.2 Å². The van der Waals surface area contributed by atoms with Crippen molar-refractivity contribution >= 4 is 22.1 Å². The van der Waals surface area contributed by atoms with Gasteiger partial charge in [-0.25, -0.2) is 17.9 Å². The van der Waals surface area contributed by atoms with Crippen LogP contribution in [0.15, 0.2) is 42.5 Å². The first-order valence-electron chi connectivity index (χ1n) is 19.2. The molecule has 0 saturated heterocycles. The van der Waals surface area contributed by atoms with Gasteiger partial charge in [0.1, 0.15) is 35.6 Å². The molecule has 0 aromatic heterocycles. The number of aryl methyl sites for hydroxylation is 2. The van der Waals surface area contributed by atoms with Crippen molar-refractivity contribution < 1.29 is 32.2 Å². The summed E-state index contributed by atoms with van der Waals surface area (Å²) in [6.07, 6.45) is 15.4. The molecule has 0 saturated carbocycles. The Labute approximate surface area is 309 Å². The fourth-order valence-electron chi connectivity index (χ4n) is 6.63. The van der Waals surface area contributed by atoms with Crippen LogP contribution in [-0.4, -0.2) is 52.1 Å². The summed E-state index contributed by atoms with van der Waals surface area (Å²) in [5.74, 6) is 3.98. The third-order valence-corrected chi connectivity index (χ3v) is 11.4. The van der Waals surface area contributed by atoms with Crippen LogP contribution in [0.2, 0.25) is 0 Å². The second-order valence-electron chi connectivity index (χ2n) is 15.4. The molecule has 8 nitrogen and oxygen atoms in total. The van der Waals surface area contributed by atoms with E-state index in [0.29, 0.717) is 11.5 Å². The van der Waals surface area contributed by atoms with E-state index in [1.165, 1.54) is 51.0 Å². The lowest BCUT2D eigenvalue weighted by Crippen LogP contribution is -2.38. The molecule has 4 unspecified atom stereocenters. The van der Waals surface area contributed by atoms with Crippen LogP contribution in [0.25, 0.3) is 6.08 Å². The predicted molar refractivity (Wildman–Crippen MR) is 208 cm³/mol. The highest BCUT2D eigenvalue weighted by Crippen LogP contribution is 2.40. The molecular formula is C42H65NO7S. The first-order chi connectivity index (χ1) is 24.2. The van der Waals surface area contributed by atoms with Crippen LogP contribution in [-0.2, 0) is 26.0 Å². The molecule has 1 aliphatic heterocycles. The Morgan fingerprint density at radius 2 is 1.61 bits per heavy atom. The molecule has 1 heterocycles. The summed E-state index contributed by atoms with van der Waals surface area (Å²) in [4.78, 5) is 12.7. The smallest absolute Gasteiger partial charge is 0.331 e. The minimum Gasteiger partial charge on any atom is -0.497 e. The summed E-state index contributed by atoms with van der Waals surface area (Å²) < 4.78 is 50.4. The van der Waals surface area contributed by atoms with Gasteiger partial charge in [0.25, 0.3) is 0 Å². The van der Waals surface area contributed by atoms with Crippen LogP contribution in [0.1, 0.15) is 122 Å². The van der Waals surface area contributed by atoms with E-state index in [0.717, 1.165) is 65.9 Å². The van der Waals surface area contributed by atoms with Gasteiger partial charge in [-0.1, -0.05) is 84.8 Å². The Morgan fingerprint density at radius 3 is 2.24 bits per heavy atom. The van der Waals surface area contributed by atoms with E-state index in [-0.39, 0.29) is 24.5 Å². The Balaban J connectivity index is 1.51. The number of fused-ring (bicyclic) bond motifs is 1. The van der Waals surface area contributed by atoms with E-state index in [1.54, 1.807) is 32.2 Å². The van der Waals surface area contributed by atoms with Crippen molar-refractivity contribution in [2.45, 2.75) is 131 Å². The number of rotatable bonds is 23. The van der Waals surface area contributed by atoms with E-state index < -0.39 is 22.1 Å². The number of nitrogens with one attached hydrogen (secondary N) is 1. The number of carbonyl (C=O) groups is 1. The molecule has 1 aliphatic rings. The van der Waals surface area contributed by atoms with Crippen LogP contribution >= 0.6 is 0 Å². The normalized spacial score (nSPS) is 17.8. The molecule has 51 heavy (non-hydrogen) atoms. The van der Waals surface area contributed by atoms with Crippen LogP contribution in [0.3, 0.4) is 0 Å². The molecule has 0 spiro atoms. The first kappa shape index (κ1) is 42.4. The third kappa shape index (κ3) is 15.6. The largest absolute Gasteiger partial charge is 0.497 e. The number of benzene rings is 2. The maximum atomic E-state index is 12.7. The number of hydrogen-bond acceptors (Lipinski definition) is 7. The van der Waals surface area contributed by atoms with Crippen molar-refractivity contribution in [2.24, 2.45) is 17.8 Å². The lowest BCUT2D eigenvalue weighted by atomic mass is 9.85. The Morgan fingerprint density at radius 1 is 0.961 bits per heavy atom. The maximum Gasteiger partial charge on any atom is 0.331 e. The molecule has 0 aliphatic carbocycles. The molecule has 2 aromatic rings. The van der Waals surface area contributed by atoms with Gasteiger partial charge in [0, 0.05) is 6.08 Å².